The van der Waals surface area contributed by atoms with Crippen molar-refractivity contribution in [1.82, 2.24) is 8.54 Å². The maximum atomic E-state index is 13.1. The quantitative estimate of drug-likeness (QED) is 0.165. The highest BCUT2D eigenvalue weighted by atomic mass is 127. The second-order valence-electron chi connectivity index (χ2n) is 7.40. The Bertz CT molecular complexity index is 1350. The van der Waals surface area contributed by atoms with Crippen LogP contribution in [0.25, 0.3) is 22.0 Å². The fraction of sp³-hybridized carbons (Fsp3) is 0.174. The smallest absolute Gasteiger partial charge is 0.267 e. The average Bonchev–Trinajstić information content (AvgIpc) is 3.34. The predicted molar refractivity (Wildman–Crippen MR) is 134 cm³/mol. The number of aromatic nitrogens is 2. The molecule has 0 N–H and O–H groups in total. The minimum atomic E-state index is -3.69. The van der Waals surface area contributed by atoms with Gasteiger partial charge in [0.05, 0.1) is 17.0 Å². The molecule has 0 aliphatic heterocycles. The average molecular weight is 564 g/mol. The van der Waals surface area contributed by atoms with Crippen molar-refractivity contribution in [2.45, 2.75) is 35.4 Å². The molecular weight excluding hydrogens is 543 g/mol. The number of hydrogen-bond donors (Lipinski definition) is 0. The number of aldehydes is 1. The summed E-state index contributed by atoms with van der Waals surface area (Å²) in [6.07, 6.45) is 5.96. The Balaban J connectivity index is 1.72. The van der Waals surface area contributed by atoms with Crippen molar-refractivity contribution >= 4 is 61.6 Å². The van der Waals surface area contributed by atoms with Crippen LogP contribution >= 0.6 is 34.4 Å². The Labute approximate surface area is 199 Å². The lowest BCUT2D eigenvalue weighted by atomic mass is 10.1. The third kappa shape index (κ3) is 4.47. The van der Waals surface area contributed by atoms with Crippen molar-refractivity contribution in [3.05, 3.63) is 70.7 Å². The Morgan fingerprint density at radius 3 is 2.48 bits per heavy atom. The topological polar surface area (TPSA) is 61.1 Å². The van der Waals surface area contributed by atoms with E-state index in [1.54, 1.807) is 42.4 Å². The Morgan fingerprint density at radius 2 is 1.81 bits per heavy atom. The molecule has 2 aromatic heterocycles. The molecule has 0 saturated heterocycles. The van der Waals surface area contributed by atoms with Gasteiger partial charge in [-0.3, -0.25) is 0 Å². The van der Waals surface area contributed by atoms with Gasteiger partial charge in [-0.2, -0.15) is 0 Å². The van der Waals surface area contributed by atoms with E-state index in [9.17, 15) is 13.2 Å². The molecule has 0 bridgehead atoms. The molecule has 2 heterocycles. The molecule has 160 valence electrons. The predicted octanol–water partition coefficient (Wildman–Crippen LogP) is 5.65. The molecule has 0 aliphatic rings. The van der Waals surface area contributed by atoms with Crippen molar-refractivity contribution < 1.29 is 13.2 Å². The van der Waals surface area contributed by atoms with Crippen molar-refractivity contribution in [2.24, 2.45) is 0 Å². The second kappa shape index (κ2) is 8.84. The lowest BCUT2D eigenvalue weighted by Gasteiger charge is -2.08. The number of fused-ring (bicyclic) bond motifs is 1. The highest BCUT2D eigenvalue weighted by Gasteiger charge is 2.19. The van der Waals surface area contributed by atoms with E-state index in [4.69, 9.17) is 0 Å². The molecule has 0 amide bonds. The summed E-state index contributed by atoms with van der Waals surface area (Å²) in [6.45, 7) is 4.45. The van der Waals surface area contributed by atoms with Gasteiger partial charge < -0.3 is 9.36 Å². The van der Waals surface area contributed by atoms with Crippen LogP contribution in [0.3, 0.4) is 0 Å². The fourth-order valence-electron chi connectivity index (χ4n) is 3.50. The van der Waals surface area contributed by atoms with Gasteiger partial charge in [0.25, 0.3) is 10.0 Å². The van der Waals surface area contributed by atoms with Gasteiger partial charge >= 0.3 is 0 Å². The van der Waals surface area contributed by atoms with E-state index >= 15 is 0 Å². The number of nitrogens with zero attached hydrogens (tertiary/aromatic N) is 2. The molecule has 4 aromatic rings. The van der Waals surface area contributed by atoms with Crippen LogP contribution in [0.2, 0.25) is 0 Å². The van der Waals surface area contributed by atoms with E-state index in [0.29, 0.717) is 5.25 Å². The maximum absolute atomic E-state index is 13.1. The molecule has 0 fully saturated rings. The zero-order valence-corrected chi connectivity index (χ0v) is 20.8. The second-order valence-corrected chi connectivity index (χ2v) is 12.1. The first-order valence-corrected chi connectivity index (χ1v) is 13.1. The van der Waals surface area contributed by atoms with Crippen molar-refractivity contribution in [3.63, 3.8) is 0 Å². The number of rotatable bonds is 7. The standard InChI is InChI=1S/C23H21IN2O3S2/c1-16(2)30-19-4-6-20(7-5-19)31(28,29)26-10-9-17(14-26)22-15-25(11-12-27)23-13-18(24)3-8-21(22)23/h3-10,12-16H,11H2,1-2H3. The van der Waals surface area contributed by atoms with Gasteiger partial charge in [0.15, 0.2) is 0 Å². The van der Waals surface area contributed by atoms with Crippen LogP contribution in [-0.2, 0) is 21.4 Å². The molecule has 8 heteroatoms. The lowest BCUT2D eigenvalue weighted by Crippen LogP contribution is -2.10. The summed E-state index contributed by atoms with van der Waals surface area (Å²) in [4.78, 5) is 12.4. The van der Waals surface area contributed by atoms with E-state index in [-0.39, 0.29) is 11.4 Å². The van der Waals surface area contributed by atoms with Crippen LogP contribution in [0.1, 0.15) is 13.8 Å². The van der Waals surface area contributed by atoms with E-state index in [1.165, 1.54) is 3.97 Å². The van der Waals surface area contributed by atoms with Crippen molar-refractivity contribution in [2.75, 3.05) is 0 Å². The zero-order chi connectivity index (χ0) is 22.2. The molecule has 4 rings (SSSR count). The molecule has 0 unspecified atom stereocenters. The number of hydrogen-bond acceptors (Lipinski definition) is 4. The number of carbonyl (C=O) groups is 1. The molecule has 0 atom stereocenters. The Hall–Kier alpha value is -2.04. The monoisotopic (exact) mass is 564 g/mol. The van der Waals surface area contributed by atoms with Gasteiger partial charge in [0.1, 0.15) is 6.29 Å². The summed E-state index contributed by atoms with van der Waals surface area (Å²) in [5.74, 6) is 0. The maximum Gasteiger partial charge on any atom is 0.267 e. The molecule has 0 radical (unpaired) electrons. The summed E-state index contributed by atoms with van der Waals surface area (Å²) >= 11 is 3.93. The Kier molecular flexibility index (Phi) is 6.32. The fourth-order valence-corrected chi connectivity index (χ4v) is 6.01. The Morgan fingerprint density at radius 1 is 1.06 bits per heavy atom. The SMILES string of the molecule is CC(C)Sc1ccc(S(=O)(=O)n2ccc(-c3cn(CC=O)c4cc(I)ccc34)c2)cc1. The van der Waals surface area contributed by atoms with Crippen LogP contribution in [0, 0.1) is 3.57 Å². The van der Waals surface area contributed by atoms with Gasteiger partial charge in [0, 0.05) is 48.8 Å². The number of halogens is 1. The minimum Gasteiger partial charge on any atom is -0.340 e. The highest BCUT2D eigenvalue weighted by molar-refractivity contribution is 14.1. The van der Waals surface area contributed by atoms with Crippen LogP contribution in [0.4, 0.5) is 0 Å². The van der Waals surface area contributed by atoms with Gasteiger partial charge in [-0.1, -0.05) is 19.9 Å². The van der Waals surface area contributed by atoms with Gasteiger partial charge in [-0.15, -0.1) is 11.8 Å². The molecule has 0 spiro atoms. The number of thioether (sulfide) groups is 1. The van der Waals surface area contributed by atoms with E-state index in [1.807, 2.05) is 41.1 Å². The summed E-state index contributed by atoms with van der Waals surface area (Å²) in [7, 11) is -3.69. The number of benzene rings is 2. The number of carbonyl (C=O) groups excluding carboxylic acids is 1. The highest BCUT2D eigenvalue weighted by Crippen LogP contribution is 2.33. The first kappa shape index (κ1) is 22.2. The summed E-state index contributed by atoms with van der Waals surface area (Å²) < 4.78 is 30.5. The van der Waals surface area contributed by atoms with Crippen LogP contribution in [0.5, 0.6) is 0 Å². The third-order valence-corrected chi connectivity index (χ3v) is 8.20. The molecular formula is C23H21IN2O3S2. The van der Waals surface area contributed by atoms with E-state index < -0.39 is 10.0 Å². The summed E-state index contributed by atoms with van der Waals surface area (Å²) in [5, 5.41) is 1.41. The third-order valence-electron chi connectivity index (χ3n) is 4.86. The molecule has 2 aromatic carbocycles. The van der Waals surface area contributed by atoms with E-state index in [0.717, 1.165) is 36.8 Å². The van der Waals surface area contributed by atoms with Gasteiger partial charge in [-0.25, -0.2) is 12.4 Å². The first-order chi connectivity index (χ1) is 14.8. The van der Waals surface area contributed by atoms with Crippen molar-refractivity contribution in [3.8, 4) is 11.1 Å². The van der Waals surface area contributed by atoms with Crippen LogP contribution in [-0.4, -0.2) is 28.5 Å². The molecule has 0 aliphatic carbocycles. The minimum absolute atomic E-state index is 0.246. The van der Waals surface area contributed by atoms with Gasteiger partial charge in [-0.05, 0) is 65.1 Å². The normalized spacial score (nSPS) is 12.0. The van der Waals surface area contributed by atoms with Crippen molar-refractivity contribution in [1.29, 1.82) is 0 Å². The van der Waals surface area contributed by atoms with Gasteiger partial charge in [0.2, 0.25) is 0 Å². The van der Waals surface area contributed by atoms with Crippen LogP contribution in [0.15, 0.2) is 76.9 Å². The lowest BCUT2D eigenvalue weighted by molar-refractivity contribution is -0.108. The largest absolute Gasteiger partial charge is 0.340 e. The summed E-state index contributed by atoms with van der Waals surface area (Å²) in [5.41, 5.74) is 2.63. The summed E-state index contributed by atoms with van der Waals surface area (Å²) in [6, 6.07) is 14.8. The molecule has 31 heavy (non-hydrogen) atoms. The molecule has 5 nitrogen and oxygen atoms in total. The molecule has 0 saturated carbocycles. The zero-order valence-electron chi connectivity index (χ0n) is 17.0. The van der Waals surface area contributed by atoms with Crippen LogP contribution < -0.4 is 0 Å². The van der Waals surface area contributed by atoms with E-state index in [2.05, 4.69) is 36.4 Å². The first-order valence-electron chi connectivity index (χ1n) is 9.72.